The SMILES string of the molecule is CCOc1cc(C2CC(=O)N(C(C)C(=O)O)C2)ccc1OC. The summed E-state index contributed by atoms with van der Waals surface area (Å²) in [7, 11) is 1.58. The van der Waals surface area contributed by atoms with E-state index in [1.807, 2.05) is 25.1 Å². The van der Waals surface area contributed by atoms with Gasteiger partial charge in [-0.3, -0.25) is 4.79 Å². The highest BCUT2D eigenvalue weighted by molar-refractivity contribution is 5.85. The first-order chi connectivity index (χ1) is 10.5. The lowest BCUT2D eigenvalue weighted by Crippen LogP contribution is -2.39. The normalized spacial score (nSPS) is 19.1. The molecule has 0 spiro atoms. The number of aliphatic carboxylic acids is 1. The van der Waals surface area contributed by atoms with E-state index in [2.05, 4.69) is 0 Å². The number of hydrogen-bond donors (Lipinski definition) is 1. The molecule has 0 aromatic heterocycles. The summed E-state index contributed by atoms with van der Waals surface area (Å²) in [6.45, 7) is 4.35. The number of hydrogen-bond acceptors (Lipinski definition) is 4. The van der Waals surface area contributed by atoms with E-state index in [1.165, 1.54) is 11.8 Å². The molecule has 1 aromatic rings. The average Bonchev–Trinajstić information content (AvgIpc) is 2.88. The number of carboxylic acids is 1. The summed E-state index contributed by atoms with van der Waals surface area (Å²) in [5.41, 5.74) is 0.956. The Hall–Kier alpha value is -2.24. The Morgan fingerprint density at radius 1 is 1.45 bits per heavy atom. The molecule has 0 saturated carbocycles. The van der Waals surface area contributed by atoms with E-state index in [-0.39, 0.29) is 11.8 Å². The highest BCUT2D eigenvalue weighted by atomic mass is 16.5. The highest BCUT2D eigenvalue weighted by Crippen LogP contribution is 2.35. The van der Waals surface area contributed by atoms with E-state index in [9.17, 15) is 9.59 Å². The van der Waals surface area contributed by atoms with Gasteiger partial charge >= 0.3 is 5.97 Å². The van der Waals surface area contributed by atoms with Crippen LogP contribution in [0.5, 0.6) is 11.5 Å². The summed E-state index contributed by atoms with van der Waals surface area (Å²) in [5.74, 6) is 0.136. The Kier molecular flexibility index (Phi) is 4.90. The minimum absolute atomic E-state index is 0.0283. The second kappa shape index (κ2) is 6.68. The summed E-state index contributed by atoms with van der Waals surface area (Å²) < 4.78 is 10.8. The quantitative estimate of drug-likeness (QED) is 0.868. The third kappa shape index (κ3) is 3.16. The first-order valence-corrected chi connectivity index (χ1v) is 7.30. The zero-order valence-electron chi connectivity index (χ0n) is 13.0. The van der Waals surface area contributed by atoms with Crippen molar-refractivity contribution in [2.24, 2.45) is 0 Å². The minimum Gasteiger partial charge on any atom is -0.493 e. The molecular weight excluding hydrogens is 286 g/mol. The molecule has 6 heteroatoms. The van der Waals surface area contributed by atoms with Crippen LogP contribution in [0.1, 0.15) is 31.7 Å². The van der Waals surface area contributed by atoms with E-state index in [0.717, 1.165) is 5.56 Å². The number of ether oxygens (including phenoxy) is 2. The van der Waals surface area contributed by atoms with Gasteiger partial charge in [-0.2, -0.15) is 0 Å². The fourth-order valence-electron chi connectivity index (χ4n) is 2.68. The lowest BCUT2D eigenvalue weighted by molar-refractivity contribution is -0.147. The Labute approximate surface area is 129 Å². The lowest BCUT2D eigenvalue weighted by Gasteiger charge is -2.21. The number of benzene rings is 1. The molecule has 1 aliphatic heterocycles. The lowest BCUT2D eigenvalue weighted by atomic mass is 9.98. The maximum Gasteiger partial charge on any atom is 0.326 e. The molecule has 2 rings (SSSR count). The number of carboxylic acid groups (broad SMARTS) is 1. The van der Waals surface area contributed by atoms with Gasteiger partial charge in [0.15, 0.2) is 11.5 Å². The molecule has 1 fully saturated rings. The van der Waals surface area contributed by atoms with Gasteiger partial charge in [-0.25, -0.2) is 4.79 Å². The van der Waals surface area contributed by atoms with Crippen LogP contribution in [0.3, 0.4) is 0 Å². The molecule has 1 amide bonds. The molecule has 0 radical (unpaired) electrons. The van der Waals surface area contributed by atoms with E-state index >= 15 is 0 Å². The maximum atomic E-state index is 12.0. The van der Waals surface area contributed by atoms with Crippen molar-refractivity contribution in [3.05, 3.63) is 23.8 Å². The molecule has 1 heterocycles. The molecule has 1 aromatic carbocycles. The Bertz CT molecular complexity index is 572. The summed E-state index contributed by atoms with van der Waals surface area (Å²) in [6, 6.07) is 4.78. The number of amides is 1. The molecule has 2 atom stereocenters. The molecule has 120 valence electrons. The van der Waals surface area contributed by atoms with Crippen LogP contribution < -0.4 is 9.47 Å². The van der Waals surface area contributed by atoms with E-state index < -0.39 is 12.0 Å². The predicted molar refractivity (Wildman–Crippen MR) is 80.3 cm³/mol. The van der Waals surface area contributed by atoms with Crippen molar-refractivity contribution in [3.8, 4) is 11.5 Å². The molecule has 0 bridgehead atoms. The van der Waals surface area contributed by atoms with Crippen LogP contribution in [0, 0.1) is 0 Å². The Morgan fingerprint density at radius 2 is 2.18 bits per heavy atom. The van der Waals surface area contributed by atoms with Gasteiger partial charge < -0.3 is 19.5 Å². The van der Waals surface area contributed by atoms with Crippen molar-refractivity contribution < 1.29 is 24.2 Å². The number of methoxy groups -OCH3 is 1. The summed E-state index contributed by atoms with van der Waals surface area (Å²) in [6.07, 6.45) is 0.315. The summed E-state index contributed by atoms with van der Waals surface area (Å²) in [4.78, 5) is 24.5. The molecule has 22 heavy (non-hydrogen) atoms. The van der Waals surface area contributed by atoms with Crippen LogP contribution in [0.25, 0.3) is 0 Å². The molecule has 2 unspecified atom stereocenters. The van der Waals surface area contributed by atoms with Crippen molar-refractivity contribution in [2.75, 3.05) is 20.3 Å². The Balaban J connectivity index is 2.21. The number of carbonyl (C=O) groups is 2. The summed E-state index contributed by atoms with van der Waals surface area (Å²) in [5, 5.41) is 9.07. The van der Waals surface area contributed by atoms with Gasteiger partial charge in [-0.05, 0) is 31.5 Å². The van der Waals surface area contributed by atoms with Crippen LogP contribution in [0.2, 0.25) is 0 Å². The van der Waals surface area contributed by atoms with Gasteiger partial charge in [0.05, 0.1) is 13.7 Å². The van der Waals surface area contributed by atoms with Crippen LogP contribution in [-0.2, 0) is 9.59 Å². The van der Waals surface area contributed by atoms with Crippen LogP contribution in [-0.4, -0.2) is 48.2 Å². The van der Waals surface area contributed by atoms with Crippen LogP contribution in [0.4, 0.5) is 0 Å². The zero-order chi connectivity index (χ0) is 16.3. The van der Waals surface area contributed by atoms with Crippen LogP contribution >= 0.6 is 0 Å². The average molecular weight is 307 g/mol. The van der Waals surface area contributed by atoms with Crippen molar-refractivity contribution in [1.29, 1.82) is 0 Å². The van der Waals surface area contributed by atoms with Gasteiger partial charge in [-0.1, -0.05) is 6.07 Å². The van der Waals surface area contributed by atoms with Crippen LogP contribution in [0.15, 0.2) is 18.2 Å². The van der Waals surface area contributed by atoms with E-state index in [0.29, 0.717) is 31.1 Å². The van der Waals surface area contributed by atoms with Gasteiger partial charge in [0.2, 0.25) is 5.91 Å². The molecule has 1 aliphatic rings. The fourth-order valence-corrected chi connectivity index (χ4v) is 2.68. The summed E-state index contributed by atoms with van der Waals surface area (Å²) >= 11 is 0. The maximum absolute atomic E-state index is 12.0. The van der Waals surface area contributed by atoms with Crippen molar-refractivity contribution in [2.45, 2.75) is 32.2 Å². The zero-order valence-corrected chi connectivity index (χ0v) is 13.0. The molecule has 0 aliphatic carbocycles. The number of carbonyl (C=O) groups excluding carboxylic acids is 1. The van der Waals surface area contributed by atoms with Crippen molar-refractivity contribution >= 4 is 11.9 Å². The van der Waals surface area contributed by atoms with Crippen molar-refractivity contribution in [1.82, 2.24) is 4.90 Å². The minimum atomic E-state index is -0.987. The molecular formula is C16H21NO5. The number of likely N-dealkylation sites (tertiary alicyclic amines) is 1. The fraction of sp³-hybridized carbons (Fsp3) is 0.500. The Morgan fingerprint density at radius 3 is 2.77 bits per heavy atom. The van der Waals surface area contributed by atoms with Crippen molar-refractivity contribution in [3.63, 3.8) is 0 Å². The third-order valence-corrected chi connectivity index (χ3v) is 3.94. The standard InChI is InChI=1S/C16H21NO5/c1-4-22-14-7-11(5-6-13(14)21-3)12-8-15(18)17(9-12)10(2)16(19)20/h5-7,10,12H,4,8-9H2,1-3H3,(H,19,20). The van der Waals surface area contributed by atoms with Gasteiger partial charge in [0.1, 0.15) is 6.04 Å². The molecule has 1 N–H and O–H groups in total. The first kappa shape index (κ1) is 16.1. The largest absolute Gasteiger partial charge is 0.493 e. The molecule has 1 saturated heterocycles. The van der Waals surface area contributed by atoms with Gasteiger partial charge in [-0.15, -0.1) is 0 Å². The smallest absolute Gasteiger partial charge is 0.326 e. The first-order valence-electron chi connectivity index (χ1n) is 7.30. The van der Waals surface area contributed by atoms with Gasteiger partial charge in [0.25, 0.3) is 0 Å². The predicted octanol–water partition coefficient (Wildman–Crippen LogP) is 1.88. The van der Waals surface area contributed by atoms with Gasteiger partial charge in [0, 0.05) is 18.9 Å². The number of rotatable bonds is 6. The second-order valence-electron chi connectivity index (χ2n) is 5.30. The molecule has 6 nitrogen and oxygen atoms in total. The highest BCUT2D eigenvalue weighted by Gasteiger charge is 2.36. The second-order valence-corrected chi connectivity index (χ2v) is 5.30. The van der Waals surface area contributed by atoms with E-state index in [1.54, 1.807) is 7.11 Å². The van der Waals surface area contributed by atoms with E-state index in [4.69, 9.17) is 14.6 Å². The number of nitrogens with zero attached hydrogens (tertiary/aromatic N) is 1. The topological polar surface area (TPSA) is 76.1 Å². The monoisotopic (exact) mass is 307 g/mol. The third-order valence-electron chi connectivity index (χ3n) is 3.94.